The highest BCUT2D eigenvalue weighted by Gasteiger charge is 2.32. The zero-order valence-electron chi connectivity index (χ0n) is 12.1. The van der Waals surface area contributed by atoms with Crippen LogP contribution in [0.5, 0.6) is 0 Å². The van der Waals surface area contributed by atoms with Gasteiger partial charge in [0.15, 0.2) is 0 Å². The number of carbonyl (C=O) groups is 2. The molecule has 1 heterocycles. The van der Waals surface area contributed by atoms with Gasteiger partial charge >= 0.3 is 12.2 Å². The van der Waals surface area contributed by atoms with Crippen molar-refractivity contribution in [1.29, 1.82) is 0 Å². The maximum Gasteiger partial charge on any atom is 0.407 e. The van der Waals surface area contributed by atoms with Crippen molar-refractivity contribution >= 4 is 12.2 Å². The van der Waals surface area contributed by atoms with Crippen LogP contribution in [0.1, 0.15) is 12.0 Å². The number of ether oxygens (including phenoxy) is 1. The number of carboxylic acid groups (broad SMARTS) is 1. The lowest BCUT2D eigenvalue weighted by molar-refractivity contribution is 0.0747. The Hall–Kier alpha value is -2.28. The van der Waals surface area contributed by atoms with Gasteiger partial charge in [0.05, 0.1) is 0 Å². The fraction of sp³-hybridized carbons (Fsp3) is 0.467. The van der Waals surface area contributed by atoms with E-state index in [-0.39, 0.29) is 31.7 Å². The molecule has 0 bridgehead atoms. The van der Waals surface area contributed by atoms with E-state index in [1.54, 1.807) is 0 Å². The predicted molar refractivity (Wildman–Crippen MR) is 78.3 cm³/mol. The summed E-state index contributed by atoms with van der Waals surface area (Å²) in [5, 5.41) is 21.0. The Labute approximate surface area is 128 Å². The van der Waals surface area contributed by atoms with Crippen LogP contribution >= 0.6 is 0 Å². The number of aliphatic hydroxyl groups is 1. The molecular weight excluding hydrogens is 288 g/mol. The first kappa shape index (κ1) is 16.1. The Bertz CT molecular complexity index is 508. The van der Waals surface area contributed by atoms with Gasteiger partial charge in [-0.25, -0.2) is 9.59 Å². The van der Waals surface area contributed by atoms with E-state index in [0.29, 0.717) is 13.0 Å². The summed E-state index contributed by atoms with van der Waals surface area (Å²) in [6, 6.07) is 9.03. The van der Waals surface area contributed by atoms with Crippen LogP contribution in [0.25, 0.3) is 0 Å². The molecule has 0 aromatic heterocycles. The van der Waals surface area contributed by atoms with Crippen molar-refractivity contribution < 1.29 is 24.5 Å². The van der Waals surface area contributed by atoms with Crippen molar-refractivity contribution in [3.63, 3.8) is 0 Å². The molecule has 0 aliphatic carbocycles. The van der Waals surface area contributed by atoms with Gasteiger partial charge in [0.1, 0.15) is 6.61 Å². The topological polar surface area (TPSA) is 99.1 Å². The Morgan fingerprint density at radius 2 is 2.05 bits per heavy atom. The Morgan fingerprint density at radius 3 is 2.68 bits per heavy atom. The number of hydrogen-bond donors (Lipinski definition) is 3. The minimum atomic E-state index is -1.01. The molecule has 1 aliphatic rings. The monoisotopic (exact) mass is 308 g/mol. The number of aliphatic hydroxyl groups excluding tert-OH is 1. The number of likely N-dealkylation sites (tertiary alicyclic amines) is 1. The van der Waals surface area contributed by atoms with Gasteiger partial charge in [-0.3, -0.25) is 0 Å². The molecule has 0 spiro atoms. The minimum absolute atomic E-state index is 0.171. The SMILES string of the molecule is O=C(N[C@H]1CCN(C(=O)O)C[C@@H]1CO)OCc1ccccc1. The molecule has 120 valence electrons. The number of alkyl carbamates (subject to hydrolysis) is 1. The van der Waals surface area contributed by atoms with Crippen LogP contribution in [0.15, 0.2) is 30.3 Å². The van der Waals surface area contributed by atoms with Gasteiger partial charge in [0, 0.05) is 31.7 Å². The van der Waals surface area contributed by atoms with E-state index in [1.165, 1.54) is 4.90 Å². The van der Waals surface area contributed by atoms with Crippen LogP contribution in [-0.4, -0.2) is 53.0 Å². The lowest BCUT2D eigenvalue weighted by atomic mass is 9.93. The molecule has 1 saturated heterocycles. The molecule has 0 saturated carbocycles. The standard InChI is InChI=1S/C15H20N2O5/c18-9-12-8-17(15(20)21)7-6-13(12)16-14(19)22-10-11-4-2-1-3-5-11/h1-5,12-13,18H,6-10H2,(H,16,19)(H,20,21)/t12-,13+/m1/s1. The van der Waals surface area contributed by atoms with E-state index in [2.05, 4.69) is 5.32 Å². The van der Waals surface area contributed by atoms with Gasteiger partial charge in [0.2, 0.25) is 0 Å². The average molecular weight is 308 g/mol. The quantitative estimate of drug-likeness (QED) is 0.778. The molecule has 7 heteroatoms. The van der Waals surface area contributed by atoms with E-state index >= 15 is 0 Å². The second-order valence-corrected chi connectivity index (χ2v) is 5.27. The average Bonchev–Trinajstić information content (AvgIpc) is 2.54. The van der Waals surface area contributed by atoms with Crippen molar-refractivity contribution in [1.82, 2.24) is 10.2 Å². The molecule has 3 N–H and O–H groups in total. The summed E-state index contributed by atoms with van der Waals surface area (Å²) >= 11 is 0. The fourth-order valence-corrected chi connectivity index (χ4v) is 2.50. The molecule has 2 atom stereocenters. The molecule has 2 amide bonds. The van der Waals surface area contributed by atoms with E-state index in [9.17, 15) is 14.7 Å². The number of piperidine rings is 1. The van der Waals surface area contributed by atoms with Crippen LogP contribution in [0.2, 0.25) is 0 Å². The molecule has 0 radical (unpaired) electrons. The first-order valence-corrected chi connectivity index (χ1v) is 7.16. The molecular formula is C15H20N2O5. The van der Waals surface area contributed by atoms with Crippen LogP contribution in [0, 0.1) is 5.92 Å². The Kier molecular flexibility index (Phi) is 5.60. The number of amides is 2. The van der Waals surface area contributed by atoms with E-state index in [1.807, 2.05) is 30.3 Å². The highest BCUT2D eigenvalue weighted by molar-refractivity contribution is 5.68. The van der Waals surface area contributed by atoms with E-state index < -0.39 is 12.2 Å². The number of benzene rings is 1. The molecule has 7 nitrogen and oxygen atoms in total. The Balaban J connectivity index is 1.81. The van der Waals surface area contributed by atoms with Crippen LogP contribution in [0.3, 0.4) is 0 Å². The van der Waals surface area contributed by atoms with E-state index in [0.717, 1.165) is 5.56 Å². The predicted octanol–water partition coefficient (Wildman–Crippen LogP) is 1.27. The number of hydrogen-bond acceptors (Lipinski definition) is 4. The van der Waals surface area contributed by atoms with E-state index in [4.69, 9.17) is 9.84 Å². The van der Waals surface area contributed by atoms with Gasteiger partial charge in [-0.2, -0.15) is 0 Å². The van der Waals surface area contributed by atoms with Gasteiger partial charge in [-0.1, -0.05) is 30.3 Å². The summed E-state index contributed by atoms with van der Waals surface area (Å²) in [5.74, 6) is -0.325. The third-order valence-electron chi connectivity index (χ3n) is 3.75. The first-order chi connectivity index (χ1) is 10.6. The number of carbonyl (C=O) groups excluding carboxylic acids is 1. The van der Waals surface area contributed by atoms with Crippen LogP contribution < -0.4 is 5.32 Å². The molecule has 22 heavy (non-hydrogen) atoms. The summed E-state index contributed by atoms with van der Waals surface area (Å²) in [4.78, 5) is 24.0. The maximum atomic E-state index is 11.8. The minimum Gasteiger partial charge on any atom is -0.465 e. The summed E-state index contributed by atoms with van der Waals surface area (Å²) in [6.45, 7) is 0.517. The number of rotatable bonds is 4. The van der Waals surface area contributed by atoms with Gasteiger partial charge in [0.25, 0.3) is 0 Å². The smallest absolute Gasteiger partial charge is 0.407 e. The highest BCUT2D eigenvalue weighted by Crippen LogP contribution is 2.17. The third kappa shape index (κ3) is 4.36. The van der Waals surface area contributed by atoms with Gasteiger partial charge < -0.3 is 25.2 Å². The van der Waals surface area contributed by atoms with Gasteiger partial charge in [-0.05, 0) is 12.0 Å². The third-order valence-corrected chi connectivity index (χ3v) is 3.75. The Morgan fingerprint density at radius 1 is 1.32 bits per heavy atom. The zero-order valence-corrected chi connectivity index (χ0v) is 12.1. The summed E-state index contributed by atoms with van der Waals surface area (Å²) < 4.78 is 5.14. The molecule has 2 rings (SSSR count). The highest BCUT2D eigenvalue weighted by atomic mass is 16.5. The van der Waals surface area contributed by atoms with Crippen molar-refractivity contribution in [2.75, 3.05) is 19.7 Å². The van der Waals surface area contributed by atoms with Crippen LogP contribution in [0.4, 0.5) is 9.59 Å². The van der Waals surface area contributed by atoms with Crippen LogP contribution in [-0.2, 0) is 11.3 Å². The second-order valence-electron chi connectivity index (χ2n) is 5.27. The molecule has 1 aromatic carbocycles. The zero-order chi connectivity index (χ0) is 15.9. The number of nitrogens with zero attached hydrogens (tertiary/aromatic N) is 1. The van der Waals surface area contributed by atoms with Crippen molar-refractivity contribution in [3.05, 3.63) is 35.9 Å². The lowest BCUT2D eigenvalue weighted by Gasteiger charge is -2.36. The summed E-state index contributed by atoms with van der Waals surface area (Å²) in [7, 11) is 0. The van der Waals surface area contributed by atoms with Crippen molar-refractivity contribution in [3.8, 4) is 0 Å². The summed E-state index contributed by atoms with van der Waals surface area (Å²) in [5.41, 5.74) is 0.886. The van der Waals surface area contributed by atoms with Gasteiger partial charge in [-0.15, -0.1) is 0 Å². The second kappa shape index (κ2) is 7.65. The maximum absolute atomic E-state index is 11.8. The largest absolute Gasteiger partial charge is 0.465 e. The lowest BCUT2D eigenvalue weighted by Crippen LogP contribution is -2.53. The van der Waals surface area contributed by atoms with Crippen molar-refractivity contribution in [2.24, 2.45) is 5.92 Å². The molecule has 1 aliphatic heterocycles. The molecule has 1 aromatic rings. The first-order valence-electron chi connectivity index (χ1n) is 7.16. The summed E-state index contributed by atoms with van der Waals surface area (Å²) in [6.07, 6.45) is -1.11. The van der Waals surface area contributed by atoms with Crippen molar-refractivity contribution in [2.45, 2.75) is 19.1 Å². The number of nitrogens with one attached hydrogen (secondary N) is 1. The molecule has 1 fully saturated rings. The normalized spacial score (nSPS) is 21.2. The fourth-order valence-electron chi connectivity index (χ4n) is 2.50. The molecule has 0 unspecified atom stereocenters.